The van der Waals surface area contributed by atoms with Crippen LogP contribution < -0.4 is 10.5 Å². The topological polar surface area (TPSA) is 72.2 Å². The molecule has 0 spiro atoms. The molecule has 1 aromatic rings. The molecule has 2 rings (SSSR count). The van der Waals surface area contributed by atoms with Crippen molar-refractivity contribution in [1.82, 2.24) is 4.72 Å². The van der Waals surface area contributed by atoms with E-state index in [0.29, 0.717) is 17.1 Å². The average Bonchev–Trinajstić information content (AvgIpc) is 2.42. The fraction of sp³-hybridized carbons (Fsp3) is 0.571. The molecule has 0 bridgehead atoms. The van der Waals surface area contributed by atoms with Crippen LogP contribution in [0.2, 0.25) is 5.02 Å². The van der Waals surface area contributed by atoms with Crippen molar-refractivity contribution in [2.45, 2.75) is 43.5 Å². The Kier molecular flexibility index (Phi) is 6.94. The molecule has 1 aliphatic carbocycles. The second-order valence-corrected chi connectivity index (χ2v) is 7.46. The molecule has 4 nitrogen and oxygen atoms in total. The van der Waals surface area contributed by atoms with Crippen LogP contribution in [0.5, 0.6) is 0 Å². The van der Waals surface area contributed by atoms with Gasteiger partial charge in [-0.05, 0) is 49.9 Å². The largest absolute Gasteiger partial charge is 0.330 e. The van der Waals surface area contributed by atoms with E-state index < -0.39 is 10.0 Å². The number of hydrogen-bond acceptors (Lipinski definition) is 3. The predicted octanol–water partition coefficient (Wildman–Crippen LogP) is 2.87. The first-order valence-electron chi connectivity index (χ1n) is 6.93. The molecule has 0 aliphatic heterocycles. The van der Waals surface area contributed by atoms with E-state index in [1.807, 2.05) is 0 Å². The number of rotatable bonds is 4. The second kappa shape index (κ2) is 7.79. The van der Waals surface area contributed by atoms with E-state index in [4.69, 9.17) is 17.3 Å². The molecule has 120 valence electrons. The van der Waals surface area contributed by atoms with Crippen molar-refractivity contribution in [3.63, 3.8) is 0 Å². The third-order valence-corrected chi connectivity index (χ3v) is 6.07. The van der Waals surface area contributed by atoms with Crippen molar-refractivity contribution < 1.29 is 8.42 Å². The Morgan fingerprint density at radius 3 is 2.67 bits per heavy atom. The number of halogens is 2. The summed E-state index contributed by atoms with van der Waals surface area (Å²) in [7, 11) is -3.55. The minimum Gasteiger partial charge on any atom is -0.330 e. The second-order valence-electron chi connectivity index (χ2n) is 5.37. The number of nitrogens with two attached hydrogens (primary N) is 1. The highest BCUT2D eigenvalue weighted by Gasteiger charge is 2.29. The molecule has 21 heavy (non-hydrogen) atoms. The lowest BCUT2D eigenvalue weighted by Crippen LogP contribution is -2.44. The number of hydrogen-bond donors (Lipinski definition) is 2. The van der Waals surface area contributed by atoms with Crippen molar-refractivity contribution in [3.8, 4) is 0 Å². The van der Waals surface area contributed by atoms with Gasteiger partial charge in [-0.2, -0.15) is 0 Å². The highest BCUT2D eigenvalue weighted by atomic mass is 35.5. The van der Waals surface area contributed by atoms with Gasteiger partial charge in [0.15, 0.2) is 0 Å². The van der Waals surface area contributed by atoms with Crippen molar-refractivity contribution >= 4 is 34.0 Å². The fourth-order valence-corrected chi connectivity index (χ4v) is 4.62. The van der Waals surface area contributed by atoms with Crippen molar-refractivity contribution in [3.05, 3.63) is 28.8 Å². The molecular weight excluding hydrogens is 331 g/mol. The maximum absolute atomic E-state index is 12.5. The number of benzene rings is 1. The van der Waals surface area contributed by atoms with Gasteiger partial charge in [-0.3, -0.25) is 0 Å². The first-order chi connectivity index (χ1) is 9.45. The van der Waals surface area contributed by atoms with Gasteiger partial charge in [0.05, 0.1) is 4.90 Å². The third-order valence-electron chi connectivity index (χ3n) is 4.03. The summed E-state index contributed by atoms with van der Waals surface area (Å²) in [5.74, 6) is 0.220. The standard InChI is InChI=1S/C14H21ClN2O2S.ClH/c1-10-12(15)6-4-8-14(10)20(18,19)17-13-7-3-2-5-11(13)9-16;/h4,6,8,11,13,17H,2-3,5,7,9,16H2,1H3;1H. The van der Waals surface area contributed by atoms with Crippen LogP contribution in [0.1, 0.15) is 31.2 Å². The average molecular weight is 353 g/mol. The Bertz CT molecular complexity index is 578. The van der Waals surface area contributed by atoms with Crippen LogP contribution in [0, 0.1) is 12.8 Å². The lowest BCUT2D eigenvalue weighted by atomic mass is 9.85. The molecule has 2 atom stereocenters. The van der Waals surface area contributed by atoms with Gasteiger partial charge >= 0.3 is 0 Å². The summed E-state index contributed by atoms with van der Waals surface area (Å²) in [6.45, 7) is 2.24. The van der Waals surface area contributed by atoms with E-state index in [0.717, 1.165) is 25.7 Å². The summed E-state index contributed by atoms with van der Waals surface area (Å²) in [6.07, 6.45) is 3.99. The normalized spacial score (nSPS) is 22.6. The van der Waals surface area contributed by atoms with Crippen LogP contribution in [0.4, 0.5) is 0 Å². The monoisotopic (exact) mass is 352 g/mol. The molecule has 0 aromatic heterocycles. The molecular formula is C14H22Cl2N2O2S. The van der Waals surface area contributed by atoms with Crippen LogP contribution >= 0.6 is 24.0 Å². The Balaban J connectivity index is 0.00000220. The van der Waals surface area contributed by atoms with E-state index in [-0.39, 0.29) is 29.3 Å². The number of sulfonamides is 1. The molecule has 2 unspecified atom stereocenters. The molecule has 0 amide bonds. The van der Waals surface area contributed by atoms with Crippen LogP contribution in [0.3, 0.4) is 0 Å². The van der Waals surface area contributed by atoms with Gasteiger partial charge in [-0.1, -0.05) is 30.5 Å². The first-order valence-corrected chi connectivity index (χ1v) is 8.79. The molecule has 7 heteroatoms. The molecule has 1 aromatic carbocycles. The third kappa shape index (κ3) is 4.33. The lowest BCUT2D eigenvalue weighted by Gasteiger charge is -2.31. The summed E-state index contributed by atoms with van der Waals surface area (Å²) in [5, 5.41) is 0.465. The van der Waals surface area contributed by atoms with E-state index in [9.17, 15) is 8.42 Å². The maximum atomic E-state index is 12.5. The van der Waals surface area contributed by atoms with Crippen LogP contribution in [-0.4, -0.2) is 21.0 Å². The highest BCUT2D eigenvalue weighted by molar-refractivity contribution is 7.89. The van der Waals surface area contributed by atoms with Gasteiger partial charge < -0.3 is 5.73 Å². The maximum Gasteiger partial charge on any atom is 0.241 e. The van der Waals surface area contributed by atoms with Gasteiger partial charge in [-0.15, -0.1) is 12.4 Å². The van der Waals surface area contributed by atoms with E-state index in [1.165, 1.54) is 0 Å². The van der Waals surface area contributed by atoms with Crippen LogP contribution in [0.25, 0.3) is 0 Å². The van der Waals surface area contributed by atoms with Gasteiger partial charge in [0.25, 0.3) is 0 Å². The molecule has 3 N–H and O–H groups in total. The van der Waals surface area contributed by atoms with Gasteiger partial charge in [0, 0.05) is 11.1 Å². The minimum atomic E-state index is -3.55. The fourth-order valence-electron chi connectivity index (χ4n) is 2.79. The summed E-state index contributed by atoms with van der Waals surface area (Å²) in [5.41, 5.74) is 6.33. The van der Waals surface area contributed by atoms with Gasteiger partial charge in [-0.25, -0.2) is 13.1 Å². The lowest BCUT2D eigenvalue weighted by molar-refractivity contribution is 0.296. The zero-order chi connectivity index (χ0) is 14.8. The number of nitrogens with one attached hydrogen (secondary N) is 1. The zero-order valence-electron chi connectivity index (χ0n) is 12.0. The van der Waals surface area contributed by atoms with Crippen molar-refractivity contribution in [1.29, 1.82) is 0 Å². The zero-order valence-corrected chi connectivity index (χ0v) is 14.4. The molecule has 0 saturated heterocycles. The van der Waals surface area contributed by atoms with Crippen LogP contribution in [0.15, 0.2) is 23.1 Å². The molecule has 1 fully saturated rings. The molecule has 0 heterocycles. The predicted molar refractivity (Wildman–Crippen MR) is 88.6 cm³/mol. The molecule has 1 saturated carbocycles. The summed E-state index contributed by atoms with van der Waals surface area (Å²) in [6, 6.07) is 4.87. The smallest absolute Gasteiger partial charge is 0.241 e. The van der Waals surface area contributed by atoms with Crippen molar-refractivity contribution in [2.24, 2.45) is 11.7 Å². The Hall–Kier alpha value is -0.330. The summed E-state index contributed by atoms with van der Waals surface area (Å²) >= 11 is 6.01. The van der Waals surface area contributed by atoms with Gasteiger partial charge in [0.2, 0.25) is 10.0 Å². The summed E-state index contributed by atoms with van der Waals surface area (Å²) in [4.78, 5) is 0.256. The van der Waals surface area contributed by atoms with E-state index >= 15 is 0 Å². The Morgan fingerprint density at radius 2 is 2.00 bits per heavy atom. The van der Waals surface area contributed by atoms with Gasteiger partial charge in [0.1, 0.15) is 0 Å². The van der Waals surface area contributed by atoms with Crippen LogP contribution in [-0.2, 0) is 10.0 Å². The molecule has 0 radical (unpaired) electrons. The van der Waals surface area contributed by atoms with E-state index in [2.05, 4.69) is 4.72 Å². The first kappa shape index (κ1) is 18.7. The van der Waals surface area contributed by atoms with Crippen molar-refractivity contribution in [2.75, 3.05) is 6.54 Å². The quantitative estimate of drug-likeness (QED) is 0.874. The minimum absolute atomic E-state index is 0. The van der Waals surface area contributed by atoms with E-state index in [1.54, 1.807) is 25.1 Å². The SMILES string of the molecule is Cc1c(Cl)cccc1S(=O)(=O)NC1CCCCC1CN.Cl. The molecule has 1 aliphatic rings. The Labute approximate surface area is 137 Å². The Morgan fingerprint density at radius 1 is 1.33 bits per heavy atom. The highest BCUT2D eigenvalue weighted by Crippen LogP contribution is 2.27. The summed E-state index contributed by atoms with van der Waals surface area (Å²) < 4.78 is 27.9.